The number of aliphatic hydroxyl groups is 1. The highest BCUT2D eigenvalue weighted by molar-refractivity contribution is 5.90. The molecule has 1 N–H and O–H groups in total. The fraction of sp³-hybridized carbons (Fsp3) is 0.529. The lowest BCUT2D eigenvalue weighted by molar-refractivity contribution is -0.140. The predicted octanol–water partition coefficient (Wildman–Crippen LogP) is 2.06. The SMILES string of the molecule is C=C1C(=O)O[C@H]2C/C(C)=C/[C@H](O)C/C(COC(C)=O)=C/C[C@H]12. The molecule has 0 spiro atoms. The van der Waals surface area contributed by atoms with E-state index in [1.807, 2.05) is 13.0 Å². The molecule has 1 aliphatic carbocycles. The number of ether oxygens (including phenoxy) is 2. The van der Waals surface area contributed by atoms with Gasteiger partial charge in [0.2, 0.25) is 0 Å². The van der Waals surface area contributed by atoms with Crippen LogP contribution in [0.3, 0.4) is 0 Å². The zero-order valence-corrected chi connectivity index (χ0v) is 13.0. The van der Waals surface area contributed by atoms with E-state index in [9.17, 15) is 14.7 Å². The number of hydrogen-bond acceptors (Lipinski definition) is 5. The molecule has 1 heterocycles. The van der Waals surface area contributed by atoms with Gasteiger partial charge in [-0.1, -0.05) is 24.3 Å². The van der Waals surface area contributed by atoms with Crippen LogP contribution in [0.1, 0.15) is 33.1 Å². The summed E-state index contributed by atoms with van der Waals surface area (Å²) < 4.78 is 10.4. The highest BCUT2D eigenvalue weighted by Gasteiger charge is 2.38. The number of fused-ring (bicyclic) bond motifs is 1. The van der Waals surface area contributed by atoms with E-state index in [1.165, 1.54) is 6.92 Å². The van der Waals surface area contributed by atoms with Crippen molar-refractivity contribution in [2.45, 2.75) is 45.3 Å². The molecule has 2 aliphatic rings. The molecule has 2 rings (SSSR count). The minimum atomic E-state index is -0.640. The summed E-state index contributed by atoms with van der Waals surface area (Å²) in [4.78, 5) is 22.7. The molecule has 0 aromatic carbocycles. The second-order valence-electron chi connectivity index (χ2n) is 5.94. The molecule has 120 valence electrons. The summed E-state index contributed by atoms with van der Waals surface area (Å²) in [6.07, 6.45) is 4.39. The average Bonchev–Trinajstić information content (AvgIpc) is 2.67. The molecule has 0 radical (unpaired) electrons. The zero-order chi connectivity index (χ0) is 16.3. The van der Waals surface area contributed by atoms with Gasteiger partial charge in [-0.15, -0.1) is 0 Å². The average molecular weight is 306 g/mol. The van der Waals surface area contributed by atoms with Crippen molar-refractivity contribution in [3.8, 4) is 0 Å². The third-order valence-electron chi connectivity index (χ3n) is 4.01. The summed E-state index contributed by atoms with van der Waals surface area (Å²) in [5.41, 5.74) is 2.29. The Morgan fingerprint density at radius 1 is 1.50 bits per heavy atom. The summed E-state index contributed by atoms with van der Waals surface area (Å²) in [7, 11) is 0. The highest BCUT2D eigenvalue weighted by atomic mass is 16.6. The Morgan fingerprint density at radius 2 is 2.23 bits per heavy atom. The number of carbonyl (C=O) groups excluding carboxylic acids is 2. The minimum absolute atomic E-state index is 0.0709. The second kappa shape index (κ2) is 6.92. The van der Waals surface area contributed by atoms with Gasteiger partial charge in [0.1, 0.15) is 12.7 Å². The summed E-state index contributed by atoms with van der Waals surface area (Å²) >= 11 is 0. The maximum absolute atomic E-state index is 11.7. The Bertz CT molecular complexity index is 543. The molecule has 0 amide bonds. The van der Waals surface area contributed by atoms with Crippen molar-refractivity contribution in [3.63, 3.8) is 0 Å². The third kappa shape index (κ3) is 4.07. The van der Waals surface area contributed by atoms with E-state index in [0.29, 0.717) is 24.8 Å². The van der Waals surface area contributed by atoms with E-state index in [-0.39, 0.29) is 30.6 Å². The van der Waals surface area contributed by atoms with E-state index in [4.69, 9.17) is 9.47 Å². The van der Waals surface area contributed by atoms with Gasteiger partial charge in [-0.3, -0.25) is 4.79 Å². The third-order valence-corrected chi connectivity index (χ3v) is 4.01. The molecular formula is C17H22O5. The fourth-order valence-electron chi connectivity index (χ4n) is 2.88. The molecule has 1 aliphatic heterocycles. The summed E-state index contributed by atoms with van der Waals surface area (Å²) in [6.45, 7) is 7.24. The van der Waals surface area contributed by atoms with Crippen LogP contribution in [0.2, 0.25) is 0 Å². The van der Waals surface area contributed by atoms with Gasteiger partial charge in [0.15, 0.2) is 0 Å². The van der Waals surface area contributed by atoms with Crippen LogP contribution in [-0.2, 0) is 19.1 Å². The molecule has 0 aromatic rings. The van der Waals surface area contributed by atoms with Crippen LogP contribution in [0.25, 0.3) is 0 Å². The first-order valence-corrected chi connectivity index (χ1v) is 7.43. The van der Waals surface area contributed by atoms with Crippen molar-refractivity contribution in [1.29, 1.82) is 0 Å². The highest BCUT2D eigenvalue weighted by Crippen LogP contribution is 2.34. The van der Waals surface area contributed by atoms with Crippen LogP contribution in [0, 0.1) is 5.92 Å². The Labute approximate surface area is 130 Å². The van der Waals surface area contributed by atoms with Gasteiger partial charge in [-0.25, -0.2) is 4.79 Å². The van der Waals surface area contributed by atoms with Crippen LogP contribution < -0.4 is 0 Å². The van der Waals surface area contributed by atoms with Crippen molar-refractivity contribution < 1.29 is 24.2 Å². The molecular weight excluding hydrogens is 284 g/mol. The van der Waals surface area contributed by atoms with Gasteiger partial charge in [0.05, 0.1) is 6.10 Å². The largest absolute Gasteiger partial charge is 0.461 e. The smallest absolute Gasteiger partial charge is 0.334 e. The van der Waals surface area contributed by atoms with E-state index < -0.39 is 6.10 Å². The van der Waals surface area contributed by atoms with E-state index in [1.54, 1.807) is 6.08 Å². The lowest BCUT2D eigenvalue weighted by Crippen LogP contribution is -2.19. The Balaban J connectivity index is 2.22. The lowest BCUT2D eigenvalue weighted by Gasteiger charge is -2.20. The molecule has 0 unspecified atom stereocenters. The topological polar surface area (TPSA) is 72.8 Å². The number of rotatable bonds is 2. The van der Waals surface area contributed by atoms with Gasteiger partial charge in [0.25, 0.3) is 0 Å². The van der Waals surface area contributed by atoms with Gasteiger partial charge < -0.3 is 14.6 Å². The molecule has 1 fully saturated rings. The first-order chi connectivity index (χ1) is 10.4. The monoisotopic (exact) mass is 306 g/mol. The predicted molar refractivity (Wildman–Crippen MR) is 80.8 cm³/mol. The standard InChI is InChI=1S/C17H22O5/c1-10-6-14(19)8-13(9-21-12(3)18)4-5-15-11(2)17(20)22-16(15)7-10/h4,6,14-16,19H,2,5,7-9H2,1,3H3/b10-6+,13-4-/t14-,15+,16-/m0/s1. The number of esters is 2. The fourth-order valence-corrected chi connectivity index (χ4v) is 2.88. The normalized spacial score (nSPS) is 33.9. The van der Waals surface area contributed by atoms with Crippen molar-refractivity contribution in [1.82, 2.24) is 0 Å². The first kappa shape index (κ1) is 16.5. The Hall–Kier alpha value is -1.88. The van der Waals surface area contributed by atoms with Crippen molar-refractivity contribution >= 4 is 11.9 Å². The second-order valence-corrected chi connectivity index (χ2v) is 5.94. The molecule has 0 bridgehead atoms. The molecule has 5 heteroatoms. The van der Waals surface area contributed by atoms with E-state index >= 15 is 0 Å². The number of allylic oxidation sites excluding steroid dienone is 1. The van der Waals surface area contributed by atoms with E-state index in [0.717, 1.165) is 11.1 Å². The summed E-state index contributed by atoms with van der Waals surface area (Å²) in [5, 5.41) is 10.1. The van der Waals surface area contributed by atoms with Crippen molar-refractivity contribution in [3.05, 3.63) is 35.5 Å². The Morgan fingerprint density at radius 3 is 2.91 bits per heavy atom. The van der Waals surface area contributed by atoms with Gasteiger partial charge in [-0.05, 0) is 18.9 Å². The molecule has 3 atom stereocenters. The molecule has 0 aromatic heterocycles. The number of carbonyl (C=O) groups is 2. The van der Waals surface area contributed by atoms with Crippen LogP contribution in [0.15, 0.2) is 35.5 Å². The van der Waals surface area contributed by atoms with Crippen molar-refractivity contribution in [2.24, 2.45) is 5.92 Å². The first-order valence-electron chi connectivity index (χ1n) is 7.43. The minimum Gasteiger partial charge on any atom is -0.461 e. The summed E-state index contributed by atoms with van der Waals surface area (Å²) in [6, 6.07) is 0. The van der Waals surface area contributed by atoms with Gasteiger partial charge >= 0.3 is 11.9 Å². The maximum Gasteiger partial charge on any atom is 0.334 e. The molecule has 22 heavy (non-hydrogen) atoms. The quantitative estimate of drug-likeness (QED) is 0.480. The number of hydrogen-bond donors (Lipinski definition) is 1. The maximum atomic E-state index is 11.7. The van der Waals surface area contributed by atoms with Crippen LogP contribution in [-0.4, -0.2) is 35.9 Å². The lowest BCUT2D eigenvalue weighted by atomic mass is 9.87. The van der Waals surface area contributed by atoms with Gasteiger partial charge in [-0.2, -0.15) is 0 Å². The number of aliphatic hydroxyl groups excluding tert-OH is 1. The summed E-state index contributed by atoms with van der Waals surface area (Å²) in [5.74, 6) is -0.781. The van der Waals surface area contributed by atoms with Gasteiger partial charge in [0, 0.05) is 31.3 Å². The van der Waals surface area contributed by atoms with Crippen LogP contribution in [0.4, 0.5) is 0 Å². The van der Waals surface area contributed by atoms with Crippen molar-refractivity contribution in [2.75, 3.05) is 6.61 Å². The zero-order valence-electron chi connectivity index (χ0n) is 13.0. The molecule has 1 saturated heterocycles. The Kier molecular flexibility index (Phi) is 5.19. The molecule has 0 saturated carbocycles. The van der Waals surface area contributed by atoms with Crippen LogP contribution >= 0.6 is 0 Å². The van der Waals surface area contributed by atoms with E-state index in [2.05, 4.69) is 6.58 Å². The van der Waals surface area contributed by atoms with Crippen LogP contribution in [0.5, 0.6) is 0 Å². The molecule has 5 nitrogen and oxygen atoms in total.